The van der Waals surface area contributed by atoms with Gasteiger partial charge in [-0.25, -0.2) is 0 Å². The number of carboxylic acid groups (broad SMARTS) is 1. The first-order chi connectivity index (χ1) is 4.79. The third-order valence-corrected chi connectivity index (χ3v) is 1.11. The number of aliphatic carboxylic acids is 1. The van der Waals surface area contributed by atoms with Gasteiger partial charge in [0.25, 0.3) is 0 Å². The van der Waals surface area contributed by atoms with Crippen LogP contribution in [-0.4, -0.2) is 17.7 Å². The predicted octanol–water partition coefficient (Wildman–Crippen LogP) is 0.931. The summed E-state index contributed by atoms with van der Waals surface area (Å²) in [5.41, 5.74) is 0. The fourth-order valence-electron chi connectivity index (χ4n) is 0.693. The van der Waals surface area contributed by atoms with Gasteiger partial charge in [-0.15, -0.1) is 0 Å². The van der Waals surface area contributed by atoms with E-state index in [0.29, 0.717) is 12.4 Å². The maximum atomic E-state index is 10.1. The van der Waals surface area contributed by atoms with Crippen molar-refractivity contribution in [1.29, 1.82) is 0 Å². The van der Waals surface area contributed by atoms with Crippen molar-refractivity contribution in [2.75, 3.05) is 6.61 Å². The summed E-state index contributed by atoms with van der Waals surface area (Å²) in [6, 6.07) is 0. The summed E-state index contributed by atoms with van der Waals surface area (Å²) in [6.45, 7) is 0.485. The molecule has 0 aromatic rings. The molecule has 0 fully saturated rings. The molecule has 3 nitrogen and oxygen atoms in total. The summed E-state index contributed by atoms with van der Waals surface area (Å²) in [7, 11) is 0. The Morgan fingerprint density at radius 2 is 2.60 bits per heavy atom. The van der Waals surface area contributed by atoms with Crippen LogP contribution < -0.4 is 0 Å². The molecule has 0 saturated carbocycles. The average Bonchev–Trinajstić information content (AvgIpc) is 1.88. The molecule has 1 heterocycles. The monoisotopic (exact) mass is 140 g/mol. The van der Waals surface area contributed by atoms with Crippen molar-refractivity contribution in [2.24, 2.45) is 0 Å². The van der Waals surface area contributed by atoms with E-state index in [1.807, 2.05) is 6.08 Å². The first-order valence-corrected chi connectivity index (χ1v) is 2.99. The number of carboxylic acids is 1. The van der Waals surface area contributed by atoms with E-state index in [1.165, 1.54) is 0 Å². The largest absolute Gasteiger partial charge is 0.493 e. The molecule has 0 bridgehead atoms. The van der Waals surface area contributed by atoms with Gasteiger partial charge in [0.2, 0.25) is 0 Å². The standard InChI is InChI=1S/C7H8O3/c8-7(9)5-6-3-1-2-4-10-6/h1-3H,4-5H2,(H,8,9). The smallest absolute Gasteiger partial charge is 0.311 e. The Hall–Kier alpha value is -1.25. The molecule has 1 N–H and O–H groups in total. The van der Waals surface area contributed by atoms with Crippen LogP contribution >= 0.6 is 0 Å². The zero-order valence-corrected chi connectivity index (χ0v) is 5.41. The minimum atomic E-state index is -0.860. The molecule has 0 aromatic carbocycles. The second-order valence-electron chi connectivity index (χ2n) is 1.94. The first kappa shape index (κ1) is 6.86. The molecule has 0 saturated heterocycles. The van der Waals surface area contributed by atoms with Crippen molar-refractivity contribution in [3.05, 3.63) is 24.0 Å². The Labute approximate surface area is 58.6 Å². The third-order valence-electron chi connectivity index (χ3n) is 1.11. The Kier molecular flexibility index (Phi) is 2.10. The molecule has 0 unspecified atom stereocenters. The van der Waals surface area contributed by atoms with Gasteiger partial charge in [-0.3, -0.25) is 4.79 Å². The van der Waals surface area contributed by atoms with Gasteiger partial charge in [0.05, 0.1) is 0 Å². The van der Waals surface area contributed by atoms with Crippen LogP contribution in [-0.2, 0) is 9.53 Å². The van der Waals surface area contributed by atoms with Crippen molar-refractivity contribution in [2.45, 2.75) is 6.42 Å². The van der Waals surface area contributed by atoms with Crippen molar-refractivity contribution in [1.82, 2.24) is 0 Å². The highest BCUT2D eigenvalue weighted by Crippen LogP contribution is 2.07. The summed E-state index contributed by atoms with van der Waals surface area (Å²) < 4.78 is 4.98. The van der Waals surface area contributed by atoms with E-state index in [-0.39, 0.29) is 6.42 Å². The normalized spacial score (nSPS) is 15.8. The molecular weight excluding hydrogens is 132 g/mol. The van der Waals surface area contributed by atoms with E-state index in [1.54, 1.807) is 12.2 Å². The van der Waals surface area contributed by atoms with E-state index >= 15 is 0 Å². The van der Waals surface area contributed by atoms with E-state index < -0.39 is 5.97 Å². The molecule has 1 aliphatic rings. The van der Waals surface area contributed by atoms with Gasteiger partial charge in [-0.05, 0) is 12.2 Å². The van der Waals surface area contributed by atoms with Gasteiger partial charge >= 0.3 is 5.97 Å². The molecule has 0 aliphatic carbocycles. The van der Waals surface area contributed by atoms with Gasteiger partial charge in [0.15, 0.2) is 0 Å². The molecular formula is C7H8O3. The van der Waals surface area contributed by atoms with Gasteiger partial charge in [0, 0.05) is 0 Å². The lowest BCUT2D eigenvalue weighted by atomic mass is 10.3. The number of carbonyl (C=O) groups is 1. The highest BCUT2D eigenvalue weighted by atomic mass is 16.5. The molecule has 1 aliphatic heterocycles. The summed E-state index contributed by atoms with van der Waals surface area (Å²) in [5.74, 6) is -0.337. The molecule has 0 atom stereocenters. The lowest BCUT2D eigenvalue weighted by molar-refractivity contribution is -0.136. The van der Waals surface area contributed by atoms with Crippen LogP contribution in [0.3, 0.4) is 0 Å². The van der Waals surface area contributed by atoms with Crippen LogP contribution in [0.2, 0.25) is 0 Å². The summed E-state index contributed by atoms with van der Waals surface area (Å²) in [4.78, 5) is 10.1. The Balaban J connectivity index is 2.47. The number of hydrogen-bond acceptors (Lipinski definition) is 2. The number of allylic oxidation sites excluding steroid dienone is 2. The lowest BCUT2D eigenvalue weighted by Crippen LogP contribution is -2.02. The Bertz CT molecular complexity index is 191. The van der Waals surface area contributed by atoms with Crippen molar-refractivity contribution >= 4 is 5.97 Å². The van der Waals surface area contributed by atoms with Crippen LogP contribution in [0.1, 0.15) is 6.42 Å². The van der Waals surface area contributed by atoms with E-state index in [9.17, 15) is 4.79 Å². The van der Waals surface area contributed by atoms with E-state index in [0.717, 1.165) is 0 Å². The quantitative estimate of drug-likeness (QED) is 0.620. The number of hydrogen-bond donors (Lipinski definition) is 1. The molecule has 0 spiro atoms. The van der Waals surface area contributed by atoms with Gasteiger partial charge in [-0.1, -0.05) is 6.08 Å². The molecule has 0 amide bonds. The van der Waals surface area contributed by atoms with Crippen molar-refractivity contribution < 1.29 is 14.6 Å². The SMILES string of the molecule is O=C(O)CC1=CC=CCO1. The van der Waals surface area contributed by atoms with Gasteiger partial charge in [0.1, 0.15) is 18.8 Å². The minimum absolute atomic E-state index is 0.0235. The van der Waals surface area contributed by atoms with Crippen molar-refractivity contribution in [3.63, 3.8) is 0 Å². The fourth-order valence-corrected chi connectivity index (χ4v) is 0.693. The third kappa shape index (κ3) is 1.93. The predicted molar refractivity (Wildman–Crippen MR) is 35.4 cm³/mol. The first-order valence-electron chi connectivity index (χ1n) is 2.99. The van der Waals surface area contributed by atoms with E-state index in [4.69, 9.17) is 9.84 Å². The molecule has 1 rings (SSSR count). The van der Waals surface area contributed by atoms with Crippen LogP contribution in [0.5, 0.6) is 0 Å². The Morgan fingerprint density at radius 1 is 1.80 bits per heavy atom. The van der Waals surface area contributed by atoms with E-state index in [2.05, 4.69) is 0 Å². The second-order valence-corrected chi connectivity index (χ2v) is 1.94. The molecule has 0 radical (unpaired) electrons. The minimum Gasteiger partial charge on any atom is -0.493 e. The summed E-state index contributed by atoms with van der Waals surface area (Å²) in [6.07, 6.45) is 5.26. The van der Waals surface area contributed by atoms with Crippen LogP contribution in [0.4, 0.5) is 0 Å². The van der Waals surface area contributed by atoms with Gasteiger partial charge < -0.3 is 9.84 Å². The molecule has 54 valence electrons. The molecule has 3 heteroatoms. The maximum Gasteiger partial charge on any atom is 0.311 e. The molecule has 10 heavy (non-hydrogen) atoms. The zero-order valence-electron chi connectivity index (χ0n) is 5.41. The topological polar surface area (TPSA) is 46.5 Å². The maximum absolute atomic E-state index is 10.1. The molecule has 0 aromatic heterocycles. The zero-order chi connectivity index (χ0) is 7.40. The van der Waals surface area contributed by atoms with Crippen LogP contribution in [0.25, 0.3) is 0 Å². The van der Waals surface area contributed by atoms with Gasteiger partial charge in [-0.2, -0.15) is 0 Å². The fraction of sp³-hybridized carbons (Fsp3) is 0.286. The second kappa shape index (κ2) is 3.06. The number of rotatable bonds is 2. The summed E-state index contributed by atoms with van der Waals surface area (Å²) in [5, 5.41) is 8.32. The summed E-state index contributed by atoms with van der Waals surface area (Å²) >= 11 is 0. The Morgan fingerprint density at radius 3 is 3.10 bits per heavy atom. The highest BCUT2D eigenvalue weighted by molar-refractivity contribution is 5.69. The lowest BCUT2D eigenvalue weighted by Gasteiger charge is -2.07. The van der Waals surface area contributed by atoms with Crippen LogP contribution in [0.15, 0.2) is 24.0 Å². The van der Waals surface area contributed by atoms with Crippen LogP contribution in [0, 0.1) is 0 Å². The van der Waals surface area contributed by atoms with Crippen molar-refractivity contribution in [3.8, 4) is 0 Å². The number of ether oxygens (including phenoxy) is 1. The average molecular weight is 140 g/mol. The highest BCUT2D eigenvalue weighted by Gasteiger charge is 2.04.